The minimum absolute atomic E-state index is 0.0952. The maximum Gasteiger partial charge on any atom is 0.417 e. The summed E-state index contributed by atoms with van der Waals surface area (Å²) in [6.45, 7) is 3.44. The highest BCUT2D eigenvalue weighted by Gasteiger charge is 2.34. The Labute approximate surface area is 183 Å². The van der Waals surface area contributed by atoms with Crippen molar-refractivity contribution in [3.63, 3.8) is 0 Å². The second-order valence-corrected chi connectivity index (χ2v) is 7.78. The van der Waals surface area contributed by atoms with E-state index in [0.29, 0.717) is 49.9 Å². The molecular formula is C22H23F3N4O3. The Morgan fingerprint density at radius 2 is 1.91 bits per heavy atom. The molecule has 0 spiro atoms. The summed E-state index contributed by atoms with van der Waals surface area (Å²) in [5.41, 5.74) is -0.230. The van der Waals surface area contributed by atoms with Crippen LogP contribution in [0.1, 0.15) is 18.9 Å². The smallest absolute Gasteiger partial charge is 0.417 e. The molecule has 1 fully saturated rings. The van der Waals surface area contributed by atoms with Crippen molar-refractivity contribution in [2.75, 3.05) is 42.5 Å². The first kappa shape index (κ1) is 21.9. The zero-order chi connectivity index (χ0) is 22.9. The van der Waals surface area contributed by atoms with Gasteiger partial charge < -0.3 is 14.5 Å². The molecular weight excluding hydrogens is 425 g/mol. The number of fused-ring (bicyclic) bond motifs is 1. The molecule has 1 aromatic carbocycles. The molecule has 2 amide bonds. The number of halogens is 3. The second kappa shape index (κ2) is 8.68. The highest BCUT2D eigenvalue weighted by Crippen LogP contribution is 2.33. The summed E-state index contributed by atoms with van der Waals surface area (Å²) in [5, 5.41) is 0. The van der Waals surface area contributed by atoms with Crippen LogP contribution in [-0.2, 0) is 15.8 Å². The monoisotopic (exact) mass is 448 g/mol. The summed E-state index contributed by atoms with van der Waals surface area (Å²) in [4.78, 5) is 34.6. The van der Waals surface area contributed by atoms with Crippen LogP contribution in [0.4, 0.5) is 24.7 Å². The van der Waals surface area contributed by atoms with Crippen molar-refractivity contribution < 1.29 is 27.5 Å². The van der Waals surface area contributed by atoms with E-state index in [1.807, 2.05) is 4.90 Å². The van der Waals surface area contributed by atoms with Gasteiger partial charge in [-0.3, -0.25) is 14.5 Å². The number of ether oxygens (including phenoxy) is 1. The third-order valence-corrected chi connectivity index (χ3v) is 5.61. The van der Waals surface area contributed by atoms with Crippen molar-refractivity contribution in [3.05, 3.63) is 48.2 Å². The molecule has 2 aliphatic rings. The third-order valence-electron chi connectivity index (χ3n) is 5.61. The van der Waals surface area contributed by atoms with Gasteiger partial charge in [-0.1, -0.05) is 12.1 Å². The predicted molar refractivity (Wildman–Crippen MR) is 112 cm³/mol. The largest absolute Gasteiger partial charge is 0.479 e. The predicted octanol–water partition coefficient (Wildman–Crippen LogP) is 2.95. The lowest BCUT2D eigenvalue weighted by molar-refractivity contribution is -0.137. The molecule has 1 saturated heterocycles. The van der Waals surface area contributed by atoms with Gasteiger partial charge in [0.25, 0.3) is 5.91 Å². The maximum atomic E-state index is 13.0. The number of carbonyl (C=O) groups is 2. The van der Waals surface area contributed by atoms with Gasteiger partial charge in [-0.05, 0) is 37.6 Å². The second-order valence-electron chi connectivity index (χ2n) is 7.78. The van der Waals surface area contributed by atoms with Crippen molar-refractivity contribution in [2.24, 2.45) is 0 Å². The van der Waals surface area contributed by atoms with Gasteiger partial charge in [0.05, 0.1) is 11.3 Å². The summed E-state index contributed by atoms with van der Waals surface area (Å²) in [6.07, 6.45) is -3.65. The lowest BCUT2D eigenvalue weighted by Gasteiger charge is -2.33. The molecule has 0 bridgehead atoms. The SMILES string of the molecule is C[C@@H]1Oc2ccccc2N(CC(=O)N2CCCN(c3ccc(C(F)(F)F)cn3)CC2)C1=O. The Kier molecular flexibility index (Phi) is 5.94. The van der Waals surface area contributed by atoms with Crippen molar-refractivity contribution in [2.45, 2.75) is 25.6 Å². The number of amides is 2. The summed E-state index contributed by atoms with van der Waals surface area (Å²) < 4.78 is 43.9. The number of para-hydroxylation sites is 2. The number of anilines is 2. The normalized spacial score (nSPS) is 19.3. The Hall–Kier alpha value is -3.30. The van der Waals surface area contributed by atoms with Gasteiger partial charge in [-0.2, -0.15) is 13.2 Å². The standard InChI is InChI=1S/C22H23F3N4O3/c1-15-21(31)29(17-5-2-3-6-18(17)32-15)14-20(30)28-10-4-9-27(11-12-28)19-8-7-16(13-26-19)22(23,24)25/h2-3,5-8,13,15H,4,9-12,14H2,1H3/t15-/m0/s1. The molecule has 7 nitrogen and oxygen atoms in total. The number of aromatic nitrogens is 1. The van der Waals surface area contributed by atoms with E-state index >= 15 is 0 Å². The Morgan fingerprint density at radius 1 is 1.12 bits per heavy atom. The number of carbonyl (C=O) groups excluding carboxylic acids is 2. The molecule has 170 valence electrons. The van der Waals surface area contributed by atoms with Gasteiger partial charge in [0.15, 0.2) is 6.10 Å². The quantitative estimate of drug-likeness (QED) is 0.723. The lowest BCUT2D eigenvalue weighted by atomic mass is 10.2. The number of pyridine rings is 1. The zero-order valence-electron chi connectivity index (χ0n) is 17.5. The fraction of sp³-hybridized carbons (Fsp3) is 0.409. The Morgan fingerprint density at radius 3 is 2.62 bits per heavy atom. The van der Waals surface area contributed by atoms with Crippen molar-refractivity contribution in [1.82, 2.24) is 9.88 Å². The fourth-order valence-corrected chi connectivity index (χ4v) is 3.89. The van der Waals surface area contributed by atoms with Crippen molar-refractivity contribution in [3.8, 4) is 5.75 Å². The van der Waals surface area contributed by atoms with Crippen LogP contribution in [0.2, 0.25) is 0 Å². The van der Waals surface area contributed by atoms with Gasteiger partial charge in [0, 0.05) is 32.4 Å². The van der Waals surface area contributed by atoms with Crippen LogP contribution in [0.3, 0.4) is 0 Å². The first-order chi connectivity index (χ1) is 15.2. The number of alkyl halides is 3. The number of benzene rings is 1. The van der Waals surface area contributed by atoms with E-state index in [4.69, 9.17) is 4.74 Å². The summed E-state index contributed by atoms with van der Waals surface area (Å²) in [7, 11) is 0. The van der Waals surface area contributed by atoms with Gasteiger partial charge >= 0.3 is 6.18 Å². The van der Waals surface area contributed by atoms with E-state index in [2.05, 4.69) is 4.98 Å². The highest BCUT2D eigenvalue weighted by atomic mass is 19.4. The summed E-state index contributed by atoms with van der Waals surface area (Å²) >= 11 is 0. The molecule has 3 heterocycles. The van der Waals surface area contributed by atoms with Crippen molar-refractivity contribution >= 4 is 23.3 Å². The van der Waals surface area contributed by atoms with Gasteiger partial charge in [0.2, 0.25) is 5.91 Å². The molecule has 4 rings (SSSR count). The molecule has 0 radical (unpaired) electrons. The van der Waals surface area contributed by atoms with E-state index in [9.17, 15) is 22.8 Å². The molecule has 1 aromatic heterocycles. The van der Waals surface area contributed by atoms with Crippen LogP contribution in [0.5, 0.6) is 5.75 Å². The summed E-state index contributed by atoms with van der Waals surface area (Å²) in [6, 6.07) is 9.46. The first-order valence-corrected chi connectivity index (χ1v) is 10.4. The van der Waals surface area contributed by atoms with E-state index in [-0.39, 0.29) is 18.4 Å². The Bertz CT molecular complexity index is 997. The molecule has 32 heavy (non-hydrogen) atoms. The fourth-order valence-electron chi connectivity index (χ4n) is 3.89. The number of nitrogens with zero attached hydrogens (tertiary/aromatic N) is 4. The average Bonchev–Trinajstić information content (AvgIpc) is 3.03. The van der Waals surface area contributed by atoms with E-state index in [0.717, 1.165) is 12.3 Å². The molecule has 0 N–H and O–H groups in total. The zero-order valence-corrected chi connectivity index (χ0v) is 17.5. The number of rotatable bonds is 3. The molecule has 0 unspecified atom stereocenters. The van der Waals surface area contributed by atoms with E-state index < -0.39 is 17.8 Å². The topological polar surface area (TPSA) is 66.0 Å². The van der Waals surface area contributed by atoms with E-state index in [1.165, 1.54) is 11.0 Å². The Balaban J connectivity index is 1.41. The molecule has 0 aliphatic carbocycles. The van der Waals surface area contributed by atoms with Gasteiger partial charge in [-0.25, -0.2) is 4.98 Å². The minimum atomic E-state index is -4.43. The van der Waals surface area contributed by atoms with Crippen LogP contribution in [0, 0.1) is 0 Å². The molecule has 10 heteroatoms. The molecule has 0 saturated carbocycles. The van der Waals surface area contributed by atoms with Crippen LogP contribution in [0.15, 0.2) is 42.6 Å². The molecule has 2 aliphatic heterocycles. The van der Waals surface area contributed by atoms with Crippen LogP contribution < -0.4 is 14.5 Å². The number of hydrogen-bond acceptors (Lipinski definition) is 5. The average molecular weight is 448 g/mol. The van der Waals surface area contributed by atoms with Crippen LogP contribution in [-0.4, -0.2) is 60.5 Å². The number of hydrogen-bond donors (Lipinski definition) is 0. The minimum Gasteiger partial charge on any atom is -0.479 e. The molecule has 2 aromatic rings. The molecule has 1 atom stereocenters. The maximum absolute atomic E-state index is 13.0. The van der Waals surface area contributed by atoms with Crippen molar-refractivity contribution in [1.29, 1.82) is 0 Å². The summed E-state index contributed by atoms with van der Waals surface area (Å²) in [5.74, 6) is 0.535. The van der Waals surface area contributed by atoms with Crippen LogP contribution in [0.25, 0.3) is 0 Å². The third kappa shape index (κ3) is 4.49. The van der Waals surface area contributed by atoms with Gasteiger partial charge in [-0.15, -0.1) is 0 Å². The van der Waals surface area contributed by atoms with Crippen LogP contribution >= 0.6 is 0 Å². The van der Waals surface area contributed by atoms with Gasteiger partial charge in [0.1, 0.15) is 18.1 Å². The lowest BCUT2D eigenvalue weighted by Crippen LogP contribution is -2.50. The first-order valence-electron chi connectivity index (χ1n) is 10.4. The highest BCUT2D eigenvalue weighted by molar-refractivity contribution is 6.03. The van der Waals surface area contributed by atoms with E-state index in [1.54, 1.807) is 36.1 Å².